The number of nitrogens with zero attached hydrogens (tertiary/aromatic N) is 4. The summed E-state index contributed by atoms with van der Waals surface area (Å²) in [5, 5.41) is 3.13. The molecule has 1 aromatic carbocycles. The first-order valence-corrected chi connectivity index (χ1v) is 14.2. The van der Waals surface area contributed by atoms with Crippen molar-refractivity contribution in [3.05, 3.63) is 53.1 Å². The number of ether oxygens (including phenoxy) is 1. The van der Waals surface area contributed by atoms with Gasteiger partial charge in [-0.2, -0.15) is 0 Å². The minimum absolute atomic E-state index is 0.0938. The Bertz CT molecular complexity index is 1140. The van der Waals surface area contributed by atoms with Crippen LogP contribution < -0.4 is 5.32 Å². The lowest BCUT2D eigenvalue weighted by Crippen LogP contribution is -2.45. The molecule has 2 unspecified atom stereocenters. The van der Waals surface area contributed by atoms with E-state index in [1.807, 2.05) is 43.9 Å². The normalized spacial score (nSPS) is 24.1. The van der Waals surface area contributed by atoms with E-state index < -0.39 is 5.60 Å². The highest BCUT2D eigenvalue weighted by Crippen LogP contribution is 2.43. The van der Waals surface area contributed by atoms with Gasteiger partial charge < -0.3 is 19.5 Å². The zero-order chi connectivity index (χ0) is 27.0. The van der Waals surface area contributed by atoms with Crippen LogP contribution in [0.1, 0.15) is 94.7 Å². The van der Waals surface area contributed by atoms with Crippen LogP contribution in [0.25, 0.3) is 0 Å². The number of carbonyl (C=O) groups excluding carboxylic acids is 2. The molecule has 38 heavy (non-hydrogen) atoms. The van der Waals surface area contributed by atoms with Gasteiger partial charge in [-0.25, -0.2) is 9.78 Å². The quantitative estimate of drug-likeness (QED) is 0.584. The third-order valence-corrected chi connectivity index (χ3v) is 8.47. The predicted molar refractivity (Wildman–Crippen MR) is 147 cm³/mol. The monoisotopic (exact) mass is 521 g/mol. The van der Waals surface area contributed by atoms with Gasteiger partial charge in [-0.05, 0) is 65.4 Å². The van der Waals surface area contributed by atoms with Crippen molar-refractivity contribution in [1.82, 2.24) is 24.7 Å². The largest absolute Gasteiger partial charge is 0.444 e. The summed E-state index contributed by atoms with van der Waals surface area (Å²) in [4.78, 5) is 34.3. The first-order chi connectivity index (χ1) is 18.1. The molecule has 4 heterocycles. The molecule has 2 amide bonds. The fourth-order valence-corrected chi connectivity index (χ4v) is 6.83. The molecule has 1 N–H and O–H groups in total. The first kappa shape index (κ1) is 26.7. The second kappa shape index (κ2) is 10.7. The lowest BCUT2D eigenvalue weighted by molar-refractivity contribution is -0.129. The van der Waals surface area contributed by atoms with Gasteiger partial charge in [0.05, 0.1) is 24.0 Å². The van der Waals surface area contributed by atoms with Gasteiger partial charge in [0.25, 0.3) is 0 Å². The summed E-state index contributed by atoms with van der Waals surface area (Å²) in [7, 11) is 0. The number of aryl methyl sites for hydroxylation is 1. The van der Waals surface area contributed by atoms with Crippen molar-refractivity contribution in [3.63, 3.8) is 0 Å². The van der Waals surface area contributed by atoms with E-state index in [4.69, 9.17) is 9.72 Å². The van der Waals surface area contributed by atoms with Gasteiger partial charge in [0.15, 0.2) is 0 Å². The van der Waals surface area contributed by atoms with Gasteiger partial charge in [0, 0.05) is 44.6 Å². The molecule has 0 radical (unpaired) electrons. The molecule has 0 aliphatic carbocycles. The van der Waals surface area contributed by atoms with E-state index in [0.29, 0.717) is 24.7 Å². The number of benzene rings is 1. The molecule has 2 aromatic rings. The van der Waals surface area contributed by atoms with Crippen LogP contribution >= 0.6 is 0 Å². The molecule has 0 saturated carbocycles. The van der Waals surface area contributed by atoms with Crippen LogP contribution in [0.5, 0.6) is 0 Å². The molecule has 5 rings (SSSR count). The number of hydrogen-bond acceptors (Lipinski definition) is 5. The van der Waals surface area contributed by atoms with Crippen molar-refractivity contribution in [1.29, 1.82) is 0 Å². The van der Waals surface area contributed by atoms with Crippen LogP contribution in [-0.2, 0) is 22.5 Å². The van der Waals surface area contributed by atoms with Crippen LogP contribution in [0.15, 0.2) is 30.3 Å². The van der Waals surface area contributed by atoms with Crippen LogP contribution in [-0.4, -0.2) is 62.1 Å². The summed E-state index contributed by atoms with van der Waals surface area (Å²) in [5.74, 6) is 1.23. The van der Waals surface area contributed by atoms with E-state index in [0.717, 1.165) is 50.2 Å². The van der Waals surface area contributed by atoms with E-state index in [1.165, 1.54) is 24.2 Å². The third kappa shape index (κ3) is 5.75. The van der Waals surface area contributed by atoms with Crippen LogP contribution in [0.4, 0.5) is 4.79 Å². The zero-order valence-corrected chi connectivity index (χ0v) is 23.6. The fraction of sp³-hybridized carbons (Fsp3) is 0.633. The summed E-state index contributed by atoms with van der Waals surface area (Å²) in [6.45, 7) is 11.8. The van der Waals surface area contributed by atoms with Crippen molar-refractivity contribution in [2.45, 2.75) is 109 Å². The minimum atomic E-state index is -0.529. The number of alkyl carbamates (subject to hydrolysis) is 1. The average molecular weight is 522 g/mol. The Morgan fingerprint density at radius 2 is 1.79 bits per heavy atom. The molecular weight excluding hydrogens is 478 g/mol. The van der Waals surface area contributed by atoms with Crippen molar-refractivity contribution in [3.8, 4) is 0 Å². The Balaban J connectivity index is 1.27. The Kier molecular flexibility index (Phi) is 7.54. The van der Waals surface area contributed by atoms with Crippen LogP contribution in [0, 0.1) is 6.92 Å². The van der Waals surface area contributed by atoms with Crippen LogP contribution in [0.3, 0.4) is 0 Å². The van der Waals surface area contributed by atoms with Crippen molar-refractivity contribution < 1.29 is 14.3 Å². The van der Waals surface area contributed by atoms with E-state index >= 15 is 0 Å². The van der Waals surface area contributed by atoms with E-state index in [9.17, 15) is 9.59 Å². The molecule has 1 aromatic heterocycles. The third-order valence-electron chi connectivity index (χ3n) is 8.47. The Labute approximate surface area is 226 Å². The number of nitrogens with one attached hydrogen (secondary N) is 1. The number of fused-ring (bicyclic) bond motifs is 3. The van der Waals surface area contributed by atoms with Gasteiger partial charge in [0.1, 0.15) is 11.4 Å². The number of carbonyl (C=O) groups is 2. The van der Waals surface area contributed by atoms with Gasteiger partial charge in [-0.1, -0.05) is 30.3 Å². The van der Waals surface area contributed by atoms with Crippen LogP contribution in [0.2, 0.25) is 0 Å². The van der Waals surface area contributed by atoms with E-state index in [2.05, 4.69) is 33.8 Å². The van der Waals surface area contributed by atoms with Crippen molar-refractivity contribution in [2.75, 3.05) is 13.1 Å². The maximum atomic E-state index is 12.6. The number of amides is 2. The lowest BCUT2D eigenvalue weighted by Gasteiger charge is -2.41. The predicted octanol–water partition coefficient (Wildman–Crippen LogP) is 4.92. The summed E-state index contributed by atoms with van der Waals surface area (Å²) < 4.78 is 8.04. The molecule has 3 atom stereocenters. The minimum Gasteiger partial charge on any atom is -0.444 e. The molecule has 2 fully saturated rings. The number of piperidine rings is 1. The van der Waals surface area contributed by atoms with Crippen molar-refractivity contribution >= 4 is 12.0 Å². The first-order valence-electron chi connectivity index (χ1n) is 14.2. The van der Waals surface area contributed by atoms with E-state index in [-0.39, 0.29) is 18.0 Å². The maximum Gasteiger partial charge on any atom is 0.408 e. The molecule has 8 nitrogen and oxygen atoms in total. The average Bonchev–Trinajstić information content (AvgIpc) is 3.31. The molecular formula is C30H43N5O3. The number of rotatable bonds is 6. The molecule has 3 aliphatic heterocycles. The Morgan fingerprint density at radius 1 is 1.11 bits per heavy atom. The second-order valence-corrected chi connectivity index (χ2v) is 12.3. The highest BCUT2D eigenvalue weighted by molar-refractivity contribution is 5.73. The highest BCUT2D eigenvalue weighted by Gasteiger charge is 2.42. The zero-order valence-electron chi connectivity index (χ0n) is 23.6. The number of aromatic nitrogens is 2. The standard InChI is InChI=1S/C30H43N5O3/c1-20-31-27-13-15-33(21(2)36)19-28(27)35(20)25-17-23-11-12-24(18-25)34(23)16-14-26(22-9-7-6-8-10-22)32-29(37)38-30(3,4)5/h6-10,23-26H,11-19H2,1-5H3,(H,32,37)/t23?,24?,25?,26-/m0/s1. The fourth-order valence-electron chi connectivity index (χ4n) is 6.83. The Morgan fingerprint density at radius 3 is 2.42 bits per heavy atom. The molecule has 2 bridgehead atoms. The van der Waals surface area contributed by atoms with Gasteiger partial charge in [-0.15, -0.1) is 0 Å². The maximum absolute atomic E-state index is 12.6. The summed E-state index contributed by atoms with van der Waals surface area (Å²) in [5.41, 5.74) is 3.00. The van der Waals surface area contributed by atoms with Gasteiger partial charge in [-0.3, -0.25) is 9.69 Å². The van der Waals surface area contributed by atoms with Gasteiger partial charge >= 0.3 is 6.09 Å². The summed E-state index contributed by atoms with van der Waals surface area (Å²) in [6.07, 6.45) is 5.96. The highest BCUT2D eigenvalue weighted by atomic mass is 16.6. The summed E-state index contributed by atoms with van der Waals surface area (Å²) >= 11 is 0. The number of hydrogen-bond donors (Lipinski definition) is 1. The summed E-state index contributed by atoms with van der Waals surface area (Å²) in [6, 6.07) is 11.6. The molecule has 3 aliphatic rings. The molecule has 2 saturated heterocycles. The molecule has 8 heteroatoms. The topological polar surface area (TPSA) is 79.7 Å². The SMILES string of the molecule is CC(=O)N1CCc2nc(C)n(C3CC4CCC(C3)N4CC[C@H](NC(=O)OC(C)(C)C)c3ccccc3)c2C1. The Hall–Kier alpha value is -2.87. The van der Waals surface area contributed by atoms with Crippen molar-refractivity contribution in [2.24, 2.45) is 0 Å². The lowest BCUT2D eigenvalue weighted by atomic mass is 9.95. The molecule has 0 spiro atoms. The number of imidazole rings is 1. The molecule has 206 valence electrons. The smallest absolute Gasteiger partial charge is 0.408 e. The van der Waals surface area contributed by atoms with Gasteiger partial charge in [0.2, 0.25) is 5.91 Å². The van der Waals surface area contributed by atoms with E-state index in [1.54, 1.807) is 6.92 Å². The second-order valence-electron chi connectivity index (χ2n) is 12.3.